The van der Waals surface area contributed by atoms with Gasteiger partial charge < -0.3 is 15.5 Å². The Morgan fingerprint density at radius 1 is 1.45 bits per heavy atom. The molecule has 0 aromatic carbocycles. The van der Waals surface area contributed by atoms with E-state index in [9.17, 15) is 15.0 Å². The van der Waals surface area contributed by atoms with E-state index in [1.54, 1.807) is 16.2 Å². The molecule has 0 spiro atoms. The summed E-state index contributed by atoms with van der Waals surface area (Å²) in [6.45, 7) is 5.06. The van der Waals surface area contributed by atoms with Crippen molar-refractivity contribution in [3.8, 4) is 0 Å². The van der Waals surface area contributed by atoms with Crippen molar-refractivity contribution in [1.29, 1.82) is 0 Å². The first-order valence-corrected chi connectivity index (χ1v) is 7.76. The number of amides is 1. The van der Waals surface area contributed by atoms with E-state index in [1.165, 1.54) is 0 Å². The highest BCUT2D eigenvalue weighted by molar-refractivity contribution is 7.10. The van der Waals surface area contributed by atoms with E-state index in [4.69, 9.17) is 0 Å². The van der Waals surface area contributed by atoms with Gasteiger partial charge in [-0.05, 0) is 17.4 Å². The summed E-state index contributed by atoms with van der Waals surface area (Å²) in [5, 5.41) is 24.0. The van der Waals surface area contributed by atoms with Gasteiger partial charge in [-0.2, -0.15) is 0 Å². The van der Waals surface area contributed by atoms with Gasteiger partial charge in [0.05, 0.1) is 24.8 Å². The van der Waals surface area contributed by atoms with Gasteiger partial charge in [0.2, 0.25) is 5.91 Å². The Balaban J connectivity index is 1.90. The van der Waals surface area contributed by atoms with Crippen LogP contribution in [0, 0.1) is 5.92 Å². The molecule has 3 unspecified atom stereocenters. The fraction of sp³-hybridized carbons (Fsp3) is 0.643. The molecule has 0 saturated carbocycles. The second-order valence-corrected chi connectivity index (χ2v) is 6.61. The van der Waals surface area contributed by atoms with Crippen LogP contribution in [-0.2, 0) is 4.79 Å². The maximum Gasteiger partial charge on any atom is 0.234 e. The van der Waals surface area contributed by atoms with Crippen molar-refractivity contribution in [3.05, 3.63) is 22.4 Å². The van der Waals surface area contributed by atoms with Gasteiger partial charge >= 0.3 is 0 Å². The first-order chi connectivity index (χ1) is 9.47. The van der Waals surface area contributed by atoms with Crippen LogP contribution in [0.5, 0.6) is 0 Å². The highest BCUT2D eigenvalue weighted by Crippen LogP contribution is 2.25. The number of rotatable bonds is 5. The molecule has 2 heterocycles. The van der Waals surface area contributed by atoms with E-state index < -0.39 is 12.2 Å². The van der Waals surface area contributed by atoms with E-state index >= 15 is 0 Å². The number of hydrogen-bond donors (Lipinski definition) is 3. The molecule has 0 bridgehead atoms. The van der Waals surface area contributed by atoms with Crippen LogP contribution >= 0.6 is 11.3 Å². The van der Waals surface area contributed by atoms with E-state index in [0.717, 1.165) is 4.88 Å². The number of hydrogen-bond acceptors (Lipinski definition) is 5. The highest BCUT2D eigenvalue weighted by Gasteiger charge is 2.31. The molecule has 1 amide bonds. The number of β-amino-alcohol motifs (C(OH)–C–C–N with tert-alkyl or cyclic N) is 2. The minimum Gasteiger partial charge on any atom is -0.389 e. The van der Waals surface area contributed by atoms with Crippen molar-refractivity contribution < 1.29 is 15.0 Å². The predicted molar refractivity (Wildman–Crippen MR) is 78.5 cm³/mol. The molecule has 0 aliphatic carbocycles. The summed E-state index contributed by atoms with van der Waals surface area (Å²) in [6.07, 6.45) is -1.50. The van der Waals surface area contributed by atoms with Gasteiger partial charge in [0.25, 0.3) is 0 Å². The average Bonchev–Trinajstić information content (AvgIpc) is 2.97. The first-order valence-electron chi connectivity index (χ1n) is 6.88. The van der Waals surface area contributed by atoms with E-state index in [1.807, 2.05) is 17.5 Å². The molecule has 112 valence electrons. The van der Waals surface area contributed by atoms with Gasteiger partial charge in [0, 0.05) is 18.0 Å². The third kappa shape index (κ3) is 3.79. The van der Waals surface area contributed by atoms with E-state index in [2.05, 4.69) is 19.2 Å². The number of carbonyl (C=O) groups excluding carboxylic acids is 1. The lowest BCUT2D eigenvalue weighted by Gasteiger charge is -2.23. The number of thiophene rings is 1. The Kier molecular flexibility index (Phi) is 5.15. The second kappa shape index (κ2) is 6.67. The van der Waals surface area contributed by atoms with Crippen molar-refractivity contribution in [3.63, 3.8) is 0 Å². The van der Waals surface area contributed by atoms with Gasteiger partial charge in [-0.1, -0.05) is 19.9 Å². The van der Waals surface area contributed by atoms with Crippen molar-refractivity contribution in [1.82, 2.24) is 10.2 Å². The monoisotopic (exact) mass is 298 g/mol. The minimum absolute atomic E-state index is 0.0138. The summed E-state index contributed by atoms with van der Waals surface area (Å²) in [5.41, 5.74) is 0. The summed E-state index contributed by atoms with van der Waals surface area (Å²) in [6, 6.07) is 4.02. The molecule has 1 saturated heterocycles. The Hall–Kier alpha value is -0.950. The predicted octanol–water partition coefficient (Wildman–Crippen LogP) is 0.599. The molecule has 1 aromatic rings. The van der Waals surface area contributed by atoms with Crippen LogP contribution in [0.2, 0.25) is 0 Å². The zero-order chi connectivity index (χ0) is 14.7. The molecule has 0 radical (unpaired) electrons. The lowest BCUT2D eigenvalue weighted by atomic mass is 10.0. The minimum atomic E-state index is -0.749. The molecule has 1 aromatic heterocycles. The summed E-state index contributed by atoms with van der Waals surface area (Å²) >= 11 is 1.64. The SMILES string of the molecule is CC(C)C(NC(=O)CN1CC(O)C(O)C1)c1cccs1. The normalized spacial score (nSPS) is 25.1. The molecule has 6 heteroatoms. The van der Waals surface area contributed by atoms with Crippen LogP contribution in [0.1, 0.15) is 24.8 Å². The van der Waals surface area contributed by atoms with Crippen LogP contribution in [-0.4, -0.2) is 52.9 Å². The van der Waals surface area contributed by atoms with Crippen LogP contribution in [0.3, 0.4) is 0 Å². The molecule has 5 nitrogen and oxygen atoms in total. The van der Waals surface area contributed by atoms with Crippen molar-refractivity contribution in [2.45, 2.75) is 32.1 Å². The fourth-order valence-electron chi connectivity index (χ4n) is 2.43. The van der Waals surface area contributed by atoms with Crippen molar-refractivity contribution >= 4 is 17.2 Å². The zero-order valence-electron chi connectivity index (χ0n) is 11.8. The number of aliphatic hydroxyl groups is 2. The third-order valence-electron chi connectivity index (χ3n) is 3.53. The number of nitrogens with zero attached hydrogens (tertiary/aromatic N) is 1. The average molecular weight is 298 g/mol. The standard InChI is InChI=1S/C14H22N2O3S/c1-9(2)14(12-4-3-5-20-12)15-13(19)8-16-6-10(17)11(18)7-16/h3-5,9-11,14,17-18H,6-8H2,1-2H3,(H,15,19). The number of carbonyl (C=O) groups is 1. The quantitative estimate of drug-likeness (QED) is 0.744. The van der Waals surface area contributed by atoms with Crippen LogP contribution < -0.4 is 5.32 Å². The maximum absolute atomic E-state index is 12.1. The largest absolute Gasteiger partial charge is 0.389 e. The number of nitrogens with one attached hydrogen (secondary N) is 1. The van der Waals surface area contributed by atoms with Gasteiger partial charge in [0.1, 0.15) is 0 Å². The molecule has 20 heavy (non-hydrogen) atoms. The van der Waals surface area contributed by atoms with E-state index in [0.29, 0.717) is 19.0 Å². The van der Waals surface area contributed by atoms with Gasteiger partial charge in [-0.15, -0.1) is 11.3 Å². The van der Waals surface area contributed by atoms with Crippen molar-refractivity contribution in [2.24, 2.45) is 5.92 Å². The Labute approximate surface area is 123 Å². The third-order valence-corrected chi connectivity index (χ3v) is 4.49. The summed E-state index contributed by atoms with van der Waals surface area (Å²) in [4.78, 5) is 15.0. The summed E-state index contributed by atoms with van der Waals surface area (Å²) in [7, 11) is 0. The Morgan fingerprint density at radius 2 is 2.10 bits per heavy atom. The highest BCUT2D eigenvalue weighted by atomic mass is 32.1. The van der Waals surface area contributed by atoms with E-state index in [-0.39, 0.29) is 18.5 Å². The molecule has 3 N–H and O–H groups in total. The van der Waals surface area contributed by atoms with Gasteiger partial charge in [0.15, 0.2) is 0 Å². The fourth-order valence-corrected chi connectivity index (χ4v) is 3.38. The lowest BCUT2D eigenvalue weighted by molar-refractivity contribution is -0.123. The van der Waals surface area contributed by atoms with Crippen molar-refractivity contribution in [2.75, 3.05) is 19.6 Å². The smallest absolute Gasteiger partial charge is 0.234 e. The zero-order valence-corrected chi connectivity index (χ0v) is 12.6. The second-order valence-electron chi connectivity index (χ2n) is 5.63. The molecular formula is C14H22N2O3S. The van der Waals surface area contributed by atoms with Crippen LogP contribution in [0.4, 0.5) is 0 Å². The molecule has 1 aliphatic heterocycles. The number of likely N-dealkylation sites (tertiary alicyclic amines) is 1. The van der Waals surface area contributed by atoms with Crippen LogP contribution in [0.25, 0.3) is 0 Å². The molecular weight excluding hydrogens is 276 g/mol. The Morgan fingerprint density at radius 3 is 2.60 bits per heavy atom. The summed E-state index contributed by atoms with van der Waals surface area (Å²) in [5.74, 6) is 0.241. The molecule has 3 atom stereocenters. The topological polar surface area (TPSA) is 72.8 Å². The maximum atomic E-state index is 12.1. The number of aliphatic hydroxyl groups excluding tert-OH is 2. The Bertz CT molecular complexity index is 426. The van der Waals surface area contributed by atoms with Gasteiger partial charge in [-0.25, -0.2) is 0 Å². The molecule has 2 rings (SSSR count). The van der Waals surface area contributed by atoms with Gasteiger partial charge in [-0.3, -0.25) is 9.69 Å². The van der Waals surface area contributed by atoms with Crippen LogP contribution in [0.15, 0.2) is 17.5 Å². The lowest BCUT2D eigenvalue weighted by Crippen LogP contribution is -2.39. The molecule has 1 fully saturated rings. The summed E-state index contributed by atoms with van der Waals surface area (Å²) < 4.78 is 0. The first kappa shape index (κ1) is 15.4. The molecule has 1 aliphatic rings.